The summed E-state index contributed by atoms with van der Waals surface area (Å²) in [5.74, 6) is 0. The molecule has 0 saturated carbocycles. The van der Waals surface area contributed by atoms with Crippen molar-refractivity contribution in [2.24, 2.45) is 5.41 Å². The largest absolute Gasteiger partial charge is 0.0976 e. The maximum Gasteiger partial charge on any atom is 0.0365 e. The van der Waals surface area contributed by atoms with Crippen molar-refractivity contribution in [3.63, 3.8) is 0 Å². The topological polar surface area (TPSA) is 0 Å². The number of rotatable bonds is 3. The fraction of sp³-hybridized carbons (Fsp3) is 0.556. The lowest BCUT2D eigenvalue weighted by atomic mass is 9.90. The number of allylic oxidation sites excluding steroid dienone is 3. The lowest BCUT2D eigenvalue weighted by Gasteiger charge is -2.16. The van der Waals surface area contributed by atoms with Crippen LogP contribution in [0.3, 0.4) is 0 Å². The summed E-state index contributed by atoms with van der Waals surface area (Å²) in [4.78, 5) is 0. The van der Waals surface area contributed by atoms with E-state index in [9.17, 15) is 0 Å². The van der Waals surface area contributed by atoms with Crippen LogP contribution in [0.2, 0.25) is 0 Å². The normalized spacial score (nSPS) is 13.4. The molecule has 58 valence electrons. The molecule has 0 heterocycles. The molecule has 0 amide bonds. The molecule has 0 spiro atoms. The molecule has 0 aliphatic carbocycles. The summed E-state index contributed by atoms with van der Waals surface area (Å²) in [5, 5.41) is 0.742. The Balaban J connectivity index is 4.22. The molecule has 0 radical (unpaired) electrons. The van der Waals surface area contributed by atoms with Crippen LogP contribution in [0.25, 0.3) is 0 Å². The predicted octanol–water partition coefficient (Wildman–Crippen LogP) is 3.73. The summed E-state index contributed by atoms with van der Waals surface area (Å²) in [6.07, 6.45) is 4.79. The summed E-state index contributed by atoms with van der Waals surface area (Å²) in [5.41, 5.74) is 0.200. The van der Waals surface area contributed by atoms with Crippen molar-refractivity contribution in [3.8, 4) is 0 Å². The molecule has 1 heteroatoms. The van der Waals surface area contributed by atoms with E-state index >= 15 is 0 Å². The van der Waals surface area contributed by atoms with Gasteiger partial charge in [-0.15, -0.1) is 0 Å². The van der Waals surface area contributed by atoms with Gasteiger partial charge < -0.3 is 0 Å². The van der Waals surface area contributed by atoms with Crippen molar-refractivity contribution in [2.75, 3.05) is 0 Å². The number of hydrogen-bond acceptors (Lipinski definition) is 0. The van der Waals surface area contributed by atoms with Crippen LogP contribution in [0.1, 0.15) is 27.2 Å². The SMILES string of the molecule is C=C/C(Cl)=C/C(C)(C)CC. The predicted molar refractivity (Wildman–Crippen MR) is 48.2 cm³/mol. The van der Waals surface area contributed by atoms with Crippen LogP contribution in [0.5, 0.6) is 0 Å². The molecule has 0 aliphatic heterocycles. The van der Waals surface area contributed by atoms with E-state index in [1.54, 1.807) is 6.08 Å². The smallest absolute Gasteiger partial charge is 0.0365 e. The monoisotopic (exact) mass is 158 g/mol. The highest BCUT2D eigenvalue weighted by Gasteiger charge is 2.10. The van der Waals surface area contributed by atoms with Crippen LogP contribution in [0, 0.1) is 5.41 Å². The minimum atomic E-state index is 0.200. The molecule has 0 rings (SSSR count). The van der Waals surface area contributed by atoms with Crippen LogP contribution in [-0.2, 0) is 0 Å². The Morgan fingerprint density at radius 1 is 1.60 bits per heavy atom. The third-order valence-electron chi connectivity index (χ3n) is 1.63. The van der Waals surface area contributed by atoms with Gasteiger partial charge in [0.2, 0.25) is 0 Å². The molecule has 10 heavy (non-hydrogen) atoms. The van der Waals surface area contributed by atoms with Crippen LogP contribution >= 0.6 is 11.6 Å². The van der Waals surface area contributed by atoms with Crippen molar-refractivity contribution < 1.29 is 0 Å². The van der Waals surface area contributed by atoms with Gasteiger partial charge in [0.15, 0.2) is 0 Å². The molecular formula is C9H15Cl. The third kappa shape index (κ3) is 3.73. The van der Waals surface area contributed by atoms with Gasteiger partial charge in [-0.1, -0.05) is 51.1 Å². The van der Waals surface area contributed by atoms with Gasteiger partial charge in [0.1, 0.15) is 0 Å². The van der Waals surface area contributed by atoms with Crippen molar-refractivity contribution in [2.45, 2.75) is 27.2 Å². The molecule has 0 N–H and O–H groups in total. The van der Waals surface area contributed by atoms with E-state index in [4.69, 9.17) is 11.6 Å². The summed E-state index contributed by atoms with van der Waals surface area (Å²) in [6.45, 7) is 10.0. The maximum absolute atomic E-state index is 5.77. The Labute approximate surface area is 68.6 Å². The summed E-state index contributed by atoms with van der Waals surface area (Å²) < 4.78 is 0. The molecule has 0 unspecified atom stereocenters. The molecule has 0 atom stereocenters. The number of hydrogen-bond donors (Lipinski definition) is 0. The second-order valence-corrected chi connectivity index (χ2v) is 3.51. The first-order valence-electron chi connectivity index (χ1n) is 3.52. The van der Waals surface area contributed by atoms with Crippen molar-refractivity contribution >= 4 is 11.6 Å². The van der Waals surface area contributed by atoms with E-state index in [1.807, 2.05) is 6.08 Å². The van der Waals surface area contributed by atoms with Gasteiger partial charge in [0.25, 0.3) is 0 Å². The molecule has 0 bridgehead atoms. The molecule has 0 aromatic rings. The van der Waals surface area contributed by atoms with E-state index < -0.39 is 0 Å². The molecule has 0 saturated heterocycles. The summed E-state index contributed by atoms with van der Waals surface area (Å²) in [7, 11) is 0. The quantitative estimate of drug-likeness (QED) is 0.549. The maximum atomic E-state index is 5.77. The Morgan fingerprint density at radius 3 is 2.40 bits per heavy atom. The van der Waals surface area contributed by atoms with Crippen LogP contribution in [-0.4, -0.2) is 0 Å². The Hall–Kier alpha value is -0.230. The van der Waals surface area contributed by atoms with Crippen LogP contribution in [0.15, 0.2) is 23.8 Å². The Morgan fingerprint density at radius 2 is 2.10 bits per heavy atom. The van der Waals surface area contributed by atoms with Gasteiger partial charge >= 0.3 is 0 Å². The van der Waals surface area contributed by atoms with Gasteiger partial charge in [-0.25, -0.2) is 0 Å². The lowest BCUT2D eigenvalue weighted by molar-refractivity contribution is 0.461. The Bertz CT molecular complexity index is 143. The first-order valence-corrected chi connectivity index (χ1v) is 3.90. The zero-order chi connectivity index (χ0) is 8.20. The molecule has 0 aromatic carbocycles. The second kappa shape index (κ2) is 3.82. The van der Waals surface area contributed by atoms with Gasteiger partial charge in [0.05, 0.1) is 0 Å². The minimum Gasteiger partial charge on any atom is -0.0976 e. The van der Waals surface area contributed by atoms with E-state index in [0.717, 1.165) is 11.5 Å². The fourth-order valence-corrected chi connectivity index (χ4v) is 0.830. The van der Waals surface area contributed by atoms with E-state index in [2.05, 4.69) is 27.4 Å². The highest BCUT2D eigenvalue weighted by atomic mass is 35.5. The van der Waals surface area contributed by atoms with Crippen molar-refractivity contribution in [1.29, 1.82) is 0 Å². The van der Waals surface area contributed by atoms with Gasteiger partial charge in [-0.3, -0.25) is 0 Å². The van der Waals surface area contributed by atoms with Crippen molar-refractivity contribution in [1.82, 2.24) is 0 Å². The first-order chi connectivity index (χ1) is 4.52. The summed E-state index contributed by atoms with van der Waals surface area (Å²) in [6, 6.07) is 0. The standard InChI is InChI=1S/C9H15Cl/c1-5-8(10)7-9(3,4)6-2/h5,7H,1,6H2,2-4H3/b8-7-. The summed E-state index contributed by atoms with van der Waals surface area (Å²) >= 11 is 5.77. The first kappa shape index (κ1) is 9.77. The fourth-order valence-electron chi connectivity index (χ4n) is 0.534. The third-order valence-corrected chi connectivity index (χ3v) is 1.90. The van der Waals surface area contributed by atoms with Crippen LogP contribution < -0.4 is 0 Å². The van der Waals surface area contributed by atoms with E-state index in [-0.39, 0.29) is 5.41 Å². The highest BCUT2D eigenvalue weighted by molar-refractivity contribution is 6.31. The average molecular weight is 159 g/mol. The minimum absolute atomic E-state index is 0.200. The van der Waals surface area contributed by atoms with Gasteiger partial charge in [0, 0.05) is 5.03 Å². The molecule has 0 aromatic heterocycles. The van der Waals surface area contributed by atoms with Crippen LogP contribution in [0.4, 0.5) is 0 Å². The van der Waals surface area contributed by atoms with Gasteiger partial charge in [-0.2, -0.15) is 0 Å². The molecular weight excluding hydrogens is 144 g/mol. The zero-order valence-electron chi connectivity index (χ0n) is 6.95. The highest BCUT2D eigenvalue weighted by Crippen LogP contribution is 2.24. The molecule has 0 nitrogen and oxygen atoms in total. The van der Waals surface area contributed by atoms with Gasteiger partial charge in [-0.05, 0) is 11.8 Å². The van der Waals surface area contributed by atoms with Crippen molar-refractivity contribution in [3.05, 3.63) is 23.8 Å². The molecule has 0 fully saturated rings. The zero-order valence-corrected chi connectivity index (χ0v) is 7.70. The van der Waals surface area contributed by atoms with E-state index in [1.165, 1.54) is 0 Å². The molecule has 0 aliphatic rings. The average Bonchev–Trinajstić information content (AvgIpc) is 1.87. The number of halogens is 1. The Kier molecular flexibility index (Phi) is 3.73. The second-order valence-electron chi connectivity index (χ2n) is 3.08. The lowest BCUT2D eigenvalue weighted by Crippen LogP contribution is -2.04. The van der Waals surface area contributed by atoms with E-state index in [0.29, 0.717) is 0 Å².